The Morgan fingerprint density at radius 2 is 1.88 bits per heavy atom. The Labute approximate surface area is 104 Å². The van der Waals surface area contributed by atoms with Gasteiger partial charge >= 0.3 is 0 Å². The molecule has 0 aromatic heterocycles. The van der Waals surface area contributed by atoms with E-state index >= 15 is 0 Å². The standard InChI is InChI=1S/C15H21NO/c1-4-16(5-2)14(17)15(3)11-13(15)12-9-7-6-8-10-12/h6-10,13H,4-5,11H2,1-3H3/t13-,15+/m0/s1. The van der Waals surface area contributed by atoms with Gasteiger partial charge in [-0.3, -0.25) is 4.79 Å². The van der Waals surface area contributed by atoms with Crippen LogP contribution in [-0.4, -0.2) is 23.9 Å². The lowest BCUT2D eigenvalue weighted by Crippen LogP contribution is -2.36. The first-order valence-electron chi connectivity index (χ1n) is 6.47. The smallest absolute Gasteiger partial charge is 0.229 e. The van der Waals surface area contributed by atoms with Crippen LogP contribution in [0.4, 0.5) is 0 Å². The van der Waals surface area contributed by atoms with E-state index in [9.17, 15) is 4.79 Å². The molecule has 17 heavy (non-hydrogen) atoms. The van der Waals surface area contributed by atoms with Crippen molar-refractivity contribution in [1.82, 2.24) is 4.90 Å². The summed E-state index contributed by atoms with van der Waals surface area (Å²) in [5.41, 5.74) is 1.14. The molecule has 0 spiro atoms. The molecule has 2 heteroatoms. The van der Waals surface area contributed by atoms with Crippen LogP contribution in [0.2, 0.25) is 0 Å². The van der Waals surface area contributed by atoms with Crippen molar-refractivity contribution in [3.8, 4) is 0 Å². The highest BCUT2D eigenvalue weighted by Crippen LogP contribution is 2.59. The average molecular weight is 231 g/mol. The van der Waals surface area contributed by atoms with E-state index < -0.39 is 0 Å². The van der Waals surface area contributed by atoms with Gasteiger partial charge in [-0.05, 0) is 31.7 Å². The fourth-order valence-corrected chi connectivity index (χ4v) is 2.64. The molecule has 2 atom stereocenters. The molecule has 2 nitrogen and oxygen atoms in total. The molecule has 0 unspecified atom stereocenters. The van der Waals surface area contributed by atoms with Crippen LogP contribution in [0.1, 0.15) is 38.7 Å². The summed E-state index contributed by atoms with van der Waals surface area (Å²) in [5.74, 6) is 0.730. The second-order valence-corrected chi connectivity index (χ2v) is 5.06. The molecule has 1 aromatic carbocycles. The van der Waals surface area contributed by atoms with Crippen LogP contribution in [0.5, 0.6) is 0 Å². The van der Waals surface area contributed by atoms with E-state index in [4.69, 9.17) is 0 Å². The summed E-state index contributed by atoms with van der Waals surface area (Å²) in [7, 11) is 0. The number of benzene rings is 1. The summed E-state index contributed by atoms with van der Waals surface area (Å²) in [5, 5.41) is 0. The summed E-state index contributed by atoms with van der Waals surface area (Å²) in [6.07, 6.45) is 0.992. The van der Waals surface area contributed by atoms with Crippen molar-refractivity contribution >= 4 is 5.91 Å². The summed E-state index contributed by atoms with van der Waals surface area (Å²) in [4.78, 5) is 14.3. The zero-order valence-electron chi connectivity index (χ0n) is 10.9. The van der Waals surface area contributed by atoms with Crippen LogP contribution < -0.4 is 0 Å². The van der Waals surface area contributed by atoms with E-state index in [1.54, 1.807) is 0 Å². The third-order valence-corrected chi connectivity index (χ3v) is 3.98. The summed E-state index contributed by atoms with van der Waals surface area (Å²) in [6, 6.07) is 10.4. The van der Waals surface area contributed by atoms with Gasteiger partial charge in [-0.25, -0.2) is 0 Å². The monoisotopic (exact) mass is 231 g/mol. The van der Waals surface area contributed by atoms with Gasteiger partial charge in [-0.2, -0.15) is 0 Å². The SMILES string of the molecule is CCN(CC)C(=O)[C@]1(C)C[C@H]1c1ccccc1. The molecule has 1 fully saturated rings. The van der Waals surface area contributed by atoms with Crippen molar-refractivity contribution < 1.29 is 4.79 Å². The molecule has 0 bridgehead atoms. The normalized spacial score (nSPS) is 26.6. The highest BCUT2D eigenvalue weighted by atomic mass is 16.2. The highest BCUT2D eigenvalue weighted by Gasteiger charge is 2.57. The second-order valence-electron chi connectivity index (χ2n) is 5.06. The minimum atomic E-state index is -0.159. The molecule has 0 heterocycles. The average Bonchev–Trinajstić information content (AvgIpc) is 3.06. The quantitative estimate of drug-likeness (QED) is 0.780. The van der Waals surface area contributed by atoms with Gasteiger partial charge in [0.25, 0.3) is 0 Å². The third-order valence-electron chi connectivity index (χ3n) is 3.98. The first kappa shape index (κ1) is 12.2. The predicted octanol–water partition coefficient (Wildman–Crippen LogP) is 3.05. The van der Waals surface area contributed by atoms with Gasteiger partial charge in [0.15, 0.2) is 0 Å². The number of nitrogens with zero attached hydrogens (tertiary/aromatic N) is 1. The van der Waals surface area contributed by atoms with Crippen molar-refractivity contribution in [2.45, 2.75) is 33.1 Å². The maximum atomic E-state index is 12.4. The first-order chi connectivity index (χ1) is 8.13. The fraction of sp³-hybridized carbons (Fsp3) is 0.533. The van der Waals surface area contributed by atoms with Gasteiger partial charge in [0.1, 0.15) is 0 Å². The van der Waals surface area contributed by atoms with E-state index in [0.29, 0.717) is 11.8 Å². The number of hydrogen-bond donors (Lipinski definition) is 0. The zero-order valence-corrected chi connectivity index (χ0v) is 10.9. The maximum absolute atomic E-state index is 12.4. The number of carbonyl (C=O) groups excluding carboxylic acids is 1. The van der Waals surface area contributed by atoms with Crippen LogP contribution in [0, 0.1) is 5.41 Å². The van der Waals surface area contributed by atoms with E-state index in [0.717, 1.165) is 19.5 Å². The third kappa shape index (κ3) is 2.08. The van der Waals surface area contributed by atoms with Gasteiger partial charge in [-0.1, -0.05) is 37.3 Å². The molecule has 1 aromatic rings. The minimum absolute atomic E-state index is 0.159. The summed E-state index contributed by atoms with van der Waals surface area (Å²) < 4.78 is 0. The number of amides is 1. The van der Waals surface area contributed by atoms with Gasteiger partial charge < -0.3 is 4.90 Å². The van der Waals surface area contributed by atoms with Gasteiger partial charge in [0.2, 0.25) is 5.91 Å². The van der Waals surface area contributed by atoms with Crippen LogP contribution in [-0.2, 0) is 4.79 Å². The molecule has 1 saturated carbocycles. The van der Waals surface area contributed by atoms with Crippen molar-refractivity contribution in [3.05, 3.63) is 35.9 Å². The Morgan fingerprint density at radius 3 is 2.41 bits per heavy atom. The number of rotatable bonds is 4. The first-order valence-corrected chi connectivity index (χ1v) is 6.47. The Hall–Kier alpha value is -1.31. The minimum Gasteiger partial charge on any atom is -0.343 e. The Balaban J connectivity index is 2.12. The molecule has 0 saturated heterocycles. The van der Waals surface area contributed by atoms with Gasteiger partial charge in [0, 0.05) is 13.1 Å². The molecule has 1 amide bonds. The van der Waals surface area contributed by atoms with Gasteiger partial charge in [-0.15, -0.1) is 0 Å². The Morgan fingerprint density at radius 1 is 1.29 bits per heavy atom. The lowest BCUT2D eigenvalue weighted by molar-refractivity contribution is -0.136. The Kier molecular flexibility index (Phi) is 3.23. The van der Waals surface area contributed by atoms with Crippen LogP contribution in [0.25, 0.3) is 0 Å². The summed E-state index contributed by atoms with van der Waals surface area (Å²) in [6.45, 7) is 7.82. The molecule has 0 aliphatic heterocycles. The molecule has 1 aliphatic rings. The van der Waals surface area contributed by atoms with Crippen molar-refractivity contribution in [1.29, 1.82) is 0 Å². The molecular formula is C15H21NO. The largest absolute Gasteiger partial charge is 0.343 e. The Bertz CT molecular complexity index is 397. The zero-order chi connectivity index (χ0) is 12.5. The van der Waals surface area contributed by atoms with Crippen LogP contribution in [0.15, 0.2) is 30.3 Å². The maximum Gasteiger partial charge on any atom is 0.229 e. The highest BCUT2D eigenvalue weighted by molar-refractivity contribution is 5.87. The van der Waals surface area contributed by atoms with E-state index in [2.05, 4.69) is 31.2 Å². The molecule has 92 valence electrons. The van der Waals surface area contributed by atoms with Crippen LogP contribution >= 0.6 is 0 Å². The van der Waals surface area contributed by atoms with E-state index in [1.807, 2.05) is 24.8 Å². The lowest BCUT2D eigenvalue weighted by atomic mass is 9.99. The molecule has 1 aliphatic carbocycles. The lowest BCUT2D eigenvalue weighted by Gasteiger charge is -2.23. The second kappa shape index (κ2) is 4.52. The molecule has 2 rings (SSSR count). The predicted molar refractivity (Wildman–Crippen MR) is 69.8 cm³/mol. The van der Waals surface area contributed by atoms with Gasteiger partial charge in [0.05, 0.1) is 5.41 Å². The number of carbonyl (C=O) groups is 1. The van der Waals surface area contributed by atoms with E-state index in [-0.39, 0.29) is 5.41 Å². The molecule has 0 radical (unpaired) electrons. The van der Waals surface area contributed by atoms with E-state index in [1.165, 1.54) is 5.56 Å². The van der Waals surface area contributed by atoms with Crippen molar-refractivity contribution in [2.75, 3.05) is 13.1 Å². The molecular weight excluding hydrogens is 210 g/mol. The topological polar surface area (TPSA) is 20.3 Å². The molecule has 0 N–H and O–H groups in total. The van der Waals surface area contributed by atoms with Crippen molar-refractivity contribution in [3.63, 3.8) is 0 Å². The summed E-state index contributed by atoms with van der Waals surface area (Å²) >= 11 is 0. The number of hydrogen-bond acceptors (Lipinski definition) is 1. The van der Waals surface area contributed by atoms with Crippen molar-refractivity contribution in [2.24, 2.45) is 5.41 Å². The van der Waals surface area contributed by atoms with Crippen LogP contribution in [0.3, 0.4) is 0 Å². The fourth-order valence-electron chi connectivity index (χ4n) is 2.64.